The van der Waals surface area contributed by atoms with Crippen molar-refractivity contribution in [2.24, 2.45) is 0 Å². The van der Waals surface area contributed by atoms with Crippen molar-refractivity contribution < 1.29 is 14.3 Å². The molecule has 0 atom stereocenters. The summed E-state index contributed by atoms with van der Waals surface area (Å²) in [5, 5.41) is 13.2. The zero-order valence-electron chi connectivity index (χ0n) is 17.5. The summed E-state index contributed by atoms with van der Waals surface area (Å²) in [4.78, 5) is 12.7. The van der Waals surface area contributed by atoms with Gasteiger partial charge in [0, 0.05) is 10.6 Å². The first-order valence-electron chi connectivity index (χ1n) is 9.65. The minimum Gasteiger partial charge on any atom is -0.493 e. The van der Waals surface area contributed by atoms with Crippen LogP contribution in [0.25, 0.3) is 6.08 Å². The molecule has 0 radical (unpaired) electrons. The van der Waals surface area contributed by atoms with Gasteiger partial charge in [0.1, 0.15) is 18.2 Å². The molecule has 0 spiro atoms. The van der Waals surface area contributed by atoms with Gasteiger partial charge in [-0.15, -0.1) is 0 Å². The summed E-state index contributed by atoms with van der Waals surface area (Å²) in [6.07, 6.45) is 1.48. The first-order valence-corrected chi connectivity index (χ1v) is 10.4. The summed E-state index contributed by atoms with van der Waals surface area (Å²) in [5.74, 6) is 0.419. The Kier molecular flexibility index (Phi) is 7.77. The summed E-state index contributed by atoms with van der Waals surface area (Å²) in [5.41, 5.74) is 2.61. The fourth-order valence-corrected chi connectivity index (χ4v) is 3.41. The van der Waals surface area contributed by atoms with Crippen molar-refractivity contribution in [2.45, 2.75) is 13.5 Å². The first-order chi connectivity index (χ1) is 15.4. The Morgan fingerprint density at radius 2 is 1.81 bits per heavy atom. The van der Waals surface area contributed by atoms with E-state index in [0.29, 0.717) is 32.8 Å². The van der Waals surface area contributed by atoms with Gasteiger partial charge < -0.3 is 14.8 Å². The zero-order valence-corrected chi connectivity index (χ0v) is 19.0. The third-order valence-electron chi connectivity index (χ3n) is 4.67. The fraction of sp³-hybridized carbons (Fsp3) is 0.120. The van der Waals surface area contributed by atoms with Gasteiger partial charge in [0.25, 0.3) is 5.91 Å². The third kappa shape index (κ3) is 5.61. The number of para-hydroxylation sites is 1. The molecule has 0 saturated carbocycles. The van der Waals surface area contributed by atoms with Crippen molar-refractivity contribution in [1.82, 2.24) is 0 Å². The van der Waals surface area contributed by atoms with Gasteiger partial charge in [-0.1, -0.05) is 59.6 Å². The van der Waals surface area contributed by atoms with E-state index >= 15 is 0 Å². The topological polar surface area (TPSA) is 71.3 Å². The smallest absolute Gasteiger partial charge is 0.266 e. The van der Waals surface area contributed by atoms with Crippen molar-refractivity contribution in [1.29, 1.82) is 5.26 Å². The highest BCUT2D eigenvalue weighted by Crippen LogP contribution is 2.31. The molecule has 0 heterocycles. The van der Waals surface area contributed by atoms with Crippen molar-refractivity contribution in [3.63, 3.8) is 0 Å². The lowest BCUT2D eigenvalue weighted by Crippen LogP contribution is -2.14. The van der Waals surface area contributed by atoms with Crippen LogP contribution in [0.1, 0.15) is 16.7 Å². The van der Waals surface area contributed by atoms with E-state index in [1.165, 1.54) is 13.2 Å². The second-order valence-corrected chi connectivity index (χ2v) is 7.66. The van der Waals surface area contributed by atoms with Crippen LogP contribution < -0.4 is 14.8 Å². The second kappa shape index (κ2) is 10.7. The van der Waals surface area contributed by atoms with E-state index in [9.17, 15) is 10.1 Å². The van der Waals surface area contributed by atoms with Crippen LogP contribution >= 0.6 is 23.2 Å². The van der Waals surface area contributed by atoms with E-state index in [4.69, 9.17) is 32.7 Å². The van der Waals surface area contributed by atoms with E-state index in [1.807, 2.05) is 37.3 Å². The predicted octanol–water partition coefficient (Wildman–Crippen LogP) is 6.44. The molecule has 0 aliphatic heterocycles. The highest BCUT2D eigenvalue weighted by Gasteiger charge is 2.14. The van der Waals surface area contributed by atoms with E-state index in [0.717, 1.165) is 11.1 Å². The molecule has 162 valence electrons. The molecule has 0 saturated heterocycles. The molecule has 0 fully saturated rings. The van der Waals surface area contributed by atoms with Crippen molar-refractivity contribution >= 4 is 40.9 Å². The Morgan fingerprint density at radius 3 is 2.50 bits per heavy atom. The largest absolute Gasteiger partial charge is 0.493 e. The zero-order chi connectivity index (χ0) is 23.1. The fourth-order valence-electron chi connectivity index (χ4n) is 2.95. The van der Waals surface area contributed by atoms with Crippen molar-refractivity contribution in [2.75, 3.05) is 12.4 Å². The summed E-state index contributed by atoms with van der Waals surface area (Å²) >= 11 is 12.4. The lowest BCUT2D eigenvalue weighted by Gasteiger charge is -2.13. The molecular formula is C25H20Cl2N2O3. The van der Waals surface area contributed by atoms with Crippen LogP contribution in [-0.2, 0) is 11.4 Å². The van der Waals surface area contributed by atoms with E-state index in [-0.39, 0.29) is 12.2 Å². The van der Waals surface area contributed by atoms with E-state index in [2.05, 4.69) is 5.32 Å². The van der Waals surface area contributed by atoms with E-state index in [1.54, 1.807) is 36.4 Å². The Hall–Kier alpha value is -3.46. The Bertz CT molecular complexity index is 1200. The monoisotopic (exact) mass is 466 g/mol. The summed E-state index contributed by atoms with van der Waals surface area (Å²) in [7, 11) is 1.54. The van der Waals surface area contributed by atoms with Crippen molar-refractivity contribution in [3.05, 3.63) is 93.0 Å². The highest BCUT2D eigenvalue weighted by molar-refractivity contribution is 6.34. The van der Waals surface area contributed by atoms with Crippen LogP contribution in [0.15, 0.2) is 66.2 Å². The highest BCUT2D eigenvalue weighted by atomic mass is 35.5. The van der Waals surface area contributed by atoms with Gasteiger partial charge in [-0.2, -0.15) is 5.26 Å². The number of rotatable bonds is 7. The lowest BCUT2D eigenvalue weighted by atomic mass is 10.1. The maximum Gasteiger partial charge on any atom is 0.266 e. The quantitative estimate of drug-likeness (QED) is 0.321. The molecule has 3 aromatic rings. The number of halogens is 2. The van der Waals surface area contributed by atoms with Crippen LogP contribution in [0.5, 0.6) is 11.5 Å². The van der Waals surface area contributed by atoms with Gasteiger partial charge in [0.15, 0.2) is 11.5 Å². The number of carbonyl (C=O) groups is 1. The number of ether oxygens (including phenoxy) is 2. The summed E-state index contributed by atoms with van der Waals surface area (Å²) < 4.78 is 11.3. The van der Waals surface area contributed by atoms with Gasteiger partial charge in [-0.3, -0.25) is 4.79 Å². The lowest BCUT2D eigenvalue weighted by molar-refractivity contribution is -0.112. The number of hydrogen-bond acceptors (Lipinski definition) is 4. The molecular weight excluding hydrogens is 447 g/mol. The average molecular weight is 467 g/mol. The Balaban J connectivity index is 1.84. The molecule has 0 unspecified atom stereocenters. The molecule has 1 amide bonds. The minimum absolute atomic E-state index is 0.0773. The number of nitriles is 1. The summed E-state index contributed by atoms with van der Waals surface area (Å²) in [6, 6.07) is 19.7. The number of benzene rings is 3. The third-order valence-corrected chi connectivity index (χ3v) is 5.35. The molecule has 3 rings (SSSR count). The normalized spacial score (nSPS) is 10.9. The molecule has 1 N–H and O–H groups in total. The number of methoxy groups -OCH3 is 1. The number of nitrogens with zero attached hydrogens (tertiary/aromatic N) is 1. The summed E-state index contributed by atoms with van der Waals surface area (Å²) in [6.45, 7) is 2.06. The van der Waals surface area contributed by atoms with Crippen LogP contribution in [0, 0.1) is 18.3 Å². The van der Waals surface area contributed by atoms with Gasteiger partial charge in [-0.25, -0.2) is 0 Å². The number of nitrogens with one attached hydrogen (secondary N) is 1. The minimum atomic E-state index is -0.557. The number of anilines is 1. The molecule has 0 aliphatic rings. The van der Waals surface area contributed by atoms with Crippen LogP contribution in [0.2, 0.25) is 10.0 Å². The van der Waals surface area contributed by atoms with Crippen LogP contribution in [0.4, 0.5) is 5.69 Å². The Morgan fingerprint density at radius 1 is 1.06 bits per heavy atom. The number of hydrogen-bond donors (Lipinski definition) is 1. The molecule has 0 bridgehead atoms. The molecule has 3 aromatic carbocycles. The standard InChI is InChI=1S/C25H20Cl2N2O3/c1-16-6-5-9-21(27)24(16)29-25(30)19(14-28)12-17-10-11-22(31-2)23(13-17)32-15-18-7-3-4-8-20(18)26/h3-13H,15H2,1-2H3,(H,29,30)/b19-12+. The molecule has 0 aliphatic carbocycles. The second-order valence-electron chi connectivity index (χ2n) is 6.85. The van der Waals surface area contributed by atoms with Gasteiger partial charge in [0.05, 0.1) is 17.8 Å². The molecule has 32 heavy (non-hydrogen) atoms. The Labute approximate surface area is 196 Å². The number of carbonyl (C=O) groups excluding carboxylic acids is 1. The SMILES string of the molecule is COc1ccc(/C=C(\C#N)C(=O)Nc2c(C)cccc2Cl)cc1OCc1ccccc1Cl. The number of aryl methyl sites for hydroxylation is 1. The van der Waals surface area contributed by atoms with E-state index < -0.39 is 5.91 Å². The van der Waals surface area contributed by atoms with Gasteiger partial charge in [0.2, 0.25) is 0 Å². The van der Waals surface area contributed by atoms with Crippen LogP contribution in [-0.4, -0.2) is 13.0 Å². The van der Waals surface area contributed by atoms with Crippen LogP contribution in [0.3, 0.4) is 0 Å². The molecule has 0 aromatic heterocycles. The van der Waals surface area contributed by atoms with Gasteiger partial charge in [-0.05, 0) is 48.4 Å². The maximum absolute atomic E-state index is 12.7. The van der Waals surface area contributed by atoms with Crippen molar-refractivity contribution in [3.8, 4) is 17.6 Å². The number of amides is 1. The molecule has 7 heteroatoms. The predicted molar refractivity (Wildman–Crippen MR) is 127 cm³/mol. The first kappa shape index (κ1) is 23.2. The van der Waals surface area contributed by atoms with Gasteiger partial charge >= 0.3 is 0 Å². The molecule has 5 nitrogen and oxygen atoms in total. The maximum atomic E-state index is 12.7. The average Bonchev–Trinajstić information content (AvgIpc) is 2.79.